The van der Waals surface area contributed by atoms with Gasteiger partial charge in [0.05, 0.1) is 16.9 Å². The van der Waals surface area contributed by atoms with Gasteiger partial charge in [0.1, 0.15) is 6.54 Å². The Morgan fingerprint density at radius 2 is 1.89 bits per heavy atom. The molecule has 1 aromatic carbocycles. The average molecular weight is 274 g/mol. The Labute approximate surface area is 103 Å². The molecule has 1 aromatic rings. The molecule has 18 heavy (non-hydrogen) atoms. The molecule has 0 heterocycles. The second kappa shape index (κ2) is 5.00. The fraction of sp³-hybridized carbons (Fsp3) is 0.222. The van der Waals surface area contributed by atoms with Gasteiger partial charge in [-0.2, -0.15) is 0 Å². The Hall–Kier alpha value is -2.16. The van der Waals surface area contributed by atoms with E-state index in [-0.39, 0.29) is 11.4 Å². The van der Waals surface area contributed by atoms with Gasteiger partial charge < -0.3 is 5.11 Å². The minimum absolute atomic E-state index is 0.0606. The van der Waals surface area contributed by atoms with E-state index in [0.29, 0.717) is 4.31 Å². The number of hydrogen-bond donors (Lipinski definition) is 1. The van der Waals surface area contributed by atoms with Crippen LogP contribution in [0.5, 0.6) is 0 Å². The summed E-state index contributed by atoms with van der Waals surface area (Å²) in [6, 6.07) is 4.58. The molecular formula is C9H10N2O6S. The van der Waals surface area contributed by atoms with Crippen molar-refractivity contribution >= 4 is 27.4 Å². The molecule has 0 amide bonds. The van der Waals surface area contributed by atoms with Crippen molar-refractivity contribution in [2.45, 2.75) is 0 Å². The number of non-ortho nitro benzene ring substituents is 1. The van der Waals surface area contributed by atoms with Crippen LogP contribution < -0.4 is 4.31 Å². The highest BCUT2D eigenvalue weighted by Gasteiger charge is 2.20. The molecule has 0 saturated heterocycles. The van der Waals surface area contributed by atoms with Crippen LogP contribution in [-0.2, 0) is 14.8 Å². The summed E-state index contributed by atoms with van der Waals surface area (Å²) in [7, 11) is -3.76. The Balaban J connectivity index is 3.14. The number of carboxylic acids is 1. The van der Waals surface area contributed by atoms with Gasteiger partial charge in [-0.3, -0.25) is 19.2 Å². The van der Waals surface area contributed by atoms with Gasteiger partial charge in [-0.25, -0.2) is 8.42 Å². The zero-order chi connectivity index (χ0) is 13.9. The zero-order valence-electron chi connectivity index (χ0n) is 9.31. The van der Waals surface area contributed by atoms with E-state index in [2.05, 4.69) is 0 Å². The van der Waals surface area contributed by atoms with E-state index in [9.17, 15) is 23.3 Å². The van der Waals surface area contributed by atoms with Crippen molar-refractivity contribution in [1.82, 2.24) is 0 Å². The van der Waals surface area contributed by atoms with Crippen molar-refractivity contribution in [2.24, 2.45) is 0 Å². The van der Waals surface area contributed by atoms with Crippen LogP contribution in [0.4, 0.5) is 11.4 Å². The normalized spacial score (nSPS) is 10.9. The quantitative estimate of drug-likeness (QED) is 0.615. The second-order valence-electron chi connectivity index (χ2n) is 3.44. The van der Waals surface area contributed by atoms with Crippen LogP contribution in [0.2, 0.25) is 0 Å². The van der Waals surface area contributed by atoms with Crippen molar-refractivity contribution in [3.8, 4) is 0 Å². The number of benzene rings is 1. The van der Waals surface area contributed by atoms with Gasteiger partial charge >= 0.3 is 5.97 Å². The average Bonchev–Trinajstić information content (AvgIpc) is 2.24. The molecular weight excluding hydrogens is 264 g/mol. The maximum Gasteiger partial charge on any atom is 0.324 e. The number of carbonyl (C=O) groups is 1. The Morgan fingerprint density at radius 3 is 2.22 bits per heavy atom. The van der Waals surface area contributed by atoms with Gasteiger partial charge in [0.25, 0.3) is 5.69 Å². The lowest BCUT2D eigenvalue weighted by Gasteiger charge is -2.19. The summed E-state index contributed by atoms with van der Waals surface area (Å²) in [6.07, 6.45) is 0.858. The summed E-state index contributed by atoms with van der Waals surface area (Å²) in [5.41, 5.74) is -0.145. The lowest BCUT2D eigenvalue weighted by atomic mass is 10.3. The smallest absolute Gasteiger partial charge is 0.324 e. The SMILES string of the molecule is CS(=O)(=O)N(CC(=O)O)c1ccc([N+](=O)[O-])cc1. The predicted molar refractivity (Wildman–Crippen MR) is 62.9 cm³/mol. The third-order valence-electron chi connectivity index (χ3n) is 2.03. The molecule has 0 bridgehead atoms. The Morgan fingerprint density at radius 1 is 1.39 bits per heavy atom. The number of nitro benzene ring substituents is 1. The van der Waals surface area contributed by atoms with Crippen molar-refractivity contribution < 1.29 is 23.2 Å². The molecule has 0 aromatic heterocycles. The number of nitrogens with zero attached hydrogens (tertiary/aromatic N) is 2. The predicted octanol–water partition coefficient (Wildman–Crippen LogP) is 0.445. The van der Waals surface area contributed by atoms with Crippen LogP contribution >= 0.6 is 0 Å². The van der Waals surface area contributed by atoms with Gasteiger partial charge in [0.15, 0.2) is 0 Å². The number of nitro groups is 1. The lowest BCUT2D eigenvalue weighted by Crippen LogP contribution is -2.34. The van der Waals surface area contributed by atoms with E-state index in [1.54, 1.807) is 0 Å². The molecule has 0 saturated carbocycles. The second-order valence-corrected chi connectivity index (χ2v) is 5.34. The summed E-state index contributed by atoms with van der Waals surface area (Å²) in [5, 5.41) is 19.1. The maximum atomic E-state index is 11.4. The third kappa shape index (κ3) is 3.42. The van der Waals surface area contributed by atoms with Crippen molar-refractivity contribution in [1.29, 1.82) is 0 Å². The minimum Gasteiger partial charge on any atom is -0.480 e. The largest absolute Gasteiger partial charge is 0.480 e. The van der Waals surface area contributed by atoms with E-state index in [4.69, 9.17) is 5.11 Å². The molecule has 0 spiro atoms. The summed E-state index contributed by atoms with van der Waals surface area (Å²) in [5.74, 6) is -1.32. The van der Waals surface area contributed by atoms with Crippen LogP contribution in [0.1, 0.15) is 0 Å². The van der Waals surface area contributed by atoms with Crippen molar-refractivity contribution in [3.63, 3.8) is 0 Å². The molecule has 98 valence electrons. The van der Waals surface area contributed by atoms with Gasteiger partial charge in [0, 0.05) is 12.1 Å². The molecule has 0 aliphatic rings. The number of sulfonamides is 1. The first kappa shape index (κ1) is 13.9. The number of aliphatic carboxylic acids is 1. The van der Waals surface area contributed by atoms with Gasteiger partial charge in [0.2, 0.25) is 10.0 Å². The summed E-state index contributed by atoms with van der Waals surface area (Å²) >= 11 is 0. The minimum atomic E-state index is -3.76. The standard InChI is InChI=1S/C9H10N2O6S/c1-18(16,17)10(6-9(12)13)7-2-4-8(5-3-7)11(14)15/h2-5H,6H2,1H3,(H,12,13). The Bertz CT molecular complexity index is 565. The lowest BCUT2D eigenvalue weighted by molar-refractivity contribution is -0.384. The van der Waals surface area contributed by atoms with Crippen LogP contribution in [0.3, 0.4) is 0 Å². The monoisotopic (exact) mass is 274 g/mol. The first-order chi connectivity index (χ1) is 8.21. The number of carboxylic acid groups (broad SMARTS) is 1. The third-order valence-corrected chi connectivity index (χ3v) is 3.17. The number of anilines is 1. The van der Waals surface area contributed by atoms with Gasteiger partial charge in [-0.05, 0) is 12.1 Å². The summed E-state index contributed by atoms with van der Waals surface area (Å²) < 4.78 is 23.5. The molecule has 1 rings (SSSR count). The van der Waals surface area contributed by atoms with Gasteiger partial charge in [-0.1, -0.05) is 0 Å². The first-order valence-corrected chi connectivity index (χ1v) is 6.50. The molecule has 9 heteroatoms. The zero-order valence-corrected chi connectivity index (χ0v) is 10.1. The first-order valence-electron chi connectivity index (χ1n) is 4.66. The van der Waals surface area contributed by atoms with E-state index in [1.165, 1.54) is 12.1 Å². The van der Waals surface area contributed by atoms with E-state index < -0.39 is 27.5 Å². The fourth-order valence-electron chi connectivity index (χ4n) is 1.26. The fourth-order valence-corrected chi connectivity index (χ4v) is 2.11. The van der Waals surface area contributed by atoms with Crippen LogP contribution in [0.25, 0.3) is 0 Å². The highest BCUT2D eigenvalue weighted by Crippen LogP contribution is 2.21. The van der Waals surface area contributed by atoms with E-state index in [0.717, 1.165) is 18.4 Å². The molecule has 1 N–H and O–H groups in total. The van der Waals surface area contributed by atoms with Crippen molar-refractivity contribution in [3.05, 3.63) is 34.4 Å². The highest BCUT2D eigenvalue weighted by molar-refractivity contribution is 7.92. The number of rotatable bonds is 5. The van der Waals surface area contributed by atoms with Gasteiger partial charge in [-0.15, -0.1) is 0 Å². The molecule has 0 unspecified atom stereocenters. The van der Waals surface area contributed by atoms with E-state index >= 15 is 0 Å². The maximum absolute atomic E-state index is 11.4. The molecule has 0 atom stereocenters. The molecule has 0 aliphatic carbocycles. The molecule has 8 nitrogen and oxygen atoms in total. The van der Waals surface area contributed by atoms with Crippen LogP contribution in [-0.4, -0.2) is 37.2 Å². The molecule has 0 aliphatic heterocycles. The van der Waals surface area contributed by atoms with Crippen LogP contribution in [0.15, 0.2) is 24.3 Å². The van der Waals surface area contributed by atoms with Crippen LogP contribution in [0, 0.1) is 10.1 Å². The Kier molecular flexibility index (Phi) is 3.86. The summed E-state index contributed by atoms with van der Waals surface area (Å²) in [4.78, 5) is 20.4. The molecule has 0 fully saturated rings. The van der Waals surface area contributed by atoms with Crippen molar-refractivity contribution in [2.75, 3.05) is 17.1 Å². The topological polar surface area (TPSA) is 118 Å². The highest BCUT2D eigenvalue weighted by atomic mass is 32.2. The summed E-state index contributed by atoms with van der Waals surface area (Å²) in [6.45, 7) is -0.739. The number of hydrogen-bond acceptors (Lipinski definition) is 5. The molecule has 0 radical (unpaired) electrons. The van der Waals surface area contributed by atoms with E-state index in [1.807, 2.05) is 0 Å².